The van der Waals surface area contributed by atoms with Gasteiger partial charge in [0.25, 0.3) is 0 Å². The molecule has 0 aliphatic rings. The van der Waals surface area contributed by atoms with E-state index in [1.54, 1.807) is 6.20 Å². The molecule has 2 rings (SSSR count). The van der Waals surface area contributed by atoms with Crippen molar-refractivity contribution >= 4 is 34.6 Å². The van der Waals surface area contributed by atoms with Crippen molar-refractivity contribution in [2.45, 2.75) is 64.7 Å². The number of fused-ring (bicyclic) bond motifs is 1. The van der Waals surface area contributed by atoms with Crippen LogP contribution < -0.4 is 21.7 Å². The van der Waals surface area contributed by atoms with Gasteiger partial charge in [0.2, 0.25) is 17.7 Å². The lowest BCUT2D eigenvalue weighted by Crippen LogP contribution is -2.57. The molecule has 1 unspecified atom stereocenters. The number of H-pyrrole nitrogens is 1. The van der Waals surface area contributed by atoms with E-state index >= 15 is 0 Å². The molecule has 4 atom stereocenters. The van der Waals surface area contributed by atoms with Gasteiger partial charge in [-0.15, -0.1) is 0 Å². The Hall–Kier alpha value is -3.40. The van der Waals surface area contributed by atoms with Crippen LogP contribution in [0.15, 0.2) is 30.5 Å². The van der Waals surface area contributed by atoms with E-state index in [-0.39, 0.29) is 12.3 Å². The average Bonchev–Trinajstić information content (AvgIpc) is 3.14. The SMILES string of the molecule is CC(C)C[C@H](NC(=O)[C@H](Cc1c[nH]c2ccccc12)NC(C)C(=O)O)C(=O)N[C@H](C)C(N)=O. The van der Waals surface area contributed by atoms with Gasteiger partial charge < -0.3 is 26.5 Å². The van der Waals surface area contributed by atoms with Gasteiger partial charge in [-0.05, 0) is 44.2 Å². The van der Waals surface area contributed by atoms with E-state index in [4.69, 9.17) is 5.73 Å². The van der Waals surface area contributed by atoms with Crippen LogP contribution in [-0.2, 0) is 25.6 Å². The minimum Gasteiger partial charge on any atom is -0.480 e. The summed E-state index contributed by atoms with van der Waals surface area (Å²) in [5.41, 5.74) is 6.96. The van der Waals surface area contributed by atoms with Gasteiger partial charge in [-0.2, -0.15) is 0 Å². The van der Waals surface area contributed by atoms with E-state index < -0.39 is 47.9 Å². The lowest BCUT2D eigenvalue weighted by molar-refractivity contribution is -0.139. The fourth-order valence-electron chi connectivity index (χ4n) is 3.48. The maximum atomic E-state index is 13.2. The second kappa shape index (κ2) is 11.5. The number of amides is 3. The van der Waals surface area contributed by atoms with E-state index in [0.29, 0.717) is 6.42 Å². The van der Waals surface area contributed by atoms with E-state index in [1.807, 2.05) is 38.1 Å². The fraction of sp³-hybridized carbons (Fsp3) is 0.478. The number of aromatic nitrogens is 1. The minimum absolute atomic E-state index is 0.0721. The first-order chi connectivity index (χ1) is 15.5. The van der Waals surface area contributed by atoms with Crippen LogP contribution in [0.2, 0.25) is 0 Å². The molecule has 0 bridgehead atoms. The highest BCUT2D eigenvalue weighted by Gasteiger charge is 2.30. The van der Waals surface area contributed by atoms with Crippen molar-refractivity contribution in [3.63, 3.8) is 0 Å². The Bertz CT molecular complexity index is 1000. The van der Waals surface area contributed by atoms with Gasteiger partial charge in [-0.1, -0.05) is 32.0 Å². The number of carbonyl (C=O) groups is 4. The number of benzene rings is 1. The Morgan fingerprint density at radius 2 is 1.61 bits per heavy atom. The summed E-state index contributed by atoms with van der Waals surface area (Å²) in [5.74, 6) is -2.75. The molecule has 3 amide bonds. The highest BCUT2D eigenvalue weighted by atomic mass is 16.4. The first kappa shape index (κ1) is 25.9. The molecule has 0 spiro atoms. The quantitative estimate of drug-likeness (QED) is 0.273. The van der Waals surface area contributed by atoms with E-state index in [9.17, 15) is 24.3 Å². The second-order valence-corrected chi connectivity index (χ2v) is 8.67. The number of carboxylic acid groups (broad SMARTS) is 1. The molecule has 1 heterocycles. The highest BCUT2D eigenvalue weighted by molar-refractivity contribution is 5.93. The number of hydrogen-bond acceptors (Lipinski definition) is 5. The van der Waals surface area contributed by atoms with Crippen LogP contribution in [0.1, 0.15) is 39.7 Å². The Kier molecular flexibility index (Phi) is 8.98. The molecule has 7 N–H and O–H groups in total. The summed E-state index contributed by atoms with van der Waals surface area (Å²) in [5, 5.41) is 18.3. The molecular formula is C23H33N5O5. The van der Waals surface area contributed by atoms with Gasteiger partial charge in [0.05, 0.1) is 6.04 Å². The molecule has 0 radical (unpaired) electrons. The number of rotatable bonds is 12. The minimum atomic E-state index is -1.10. The molecule has 10 nitrogen and oxygen atoms in total. The number of para-hydroxylation sites is 1. The predicted octanol–water partition coefficient (Wildman–Crippen LogP) is 0.663. The van der Waals surface area contributed by atoms with E-state index in [2.05, 4.69) is 20.9 Å². The summed E-state index contributed by atoms with van der Waals surface area (Å²) in [6.45, 7) is 6.71. The maximum Gasteiger partial charge on any atom is 0.320 e. The molecular weight excluding hydrogens is 426 g/mol. The summed E-state index contributed by atoms with van der Waals surface area (Å²) in [6, 6.07) is 3.89. The predicted molar refractivity (Wildman–Crippen MR) is 124 cm³/mol. The molecule has 0 aliphatic carbocycles. The largest absolute Gasteiger partial charge is 0.480 e. The molecule has 0 saturated carbocycles. The standard InChI is InChI=1S/C23H33N5O5/c1-12(2)9-18(21(30)27-13(3)20(24)29)28-22(31)19(26-14(4)23(32)33)10-15-11-25-17-8-6-5-7-16(15)17/h5-8,11-14,18-19,25-26H,9-10H2,1-4H3,(H2,24,29)(H,27,30)(H,28,31)(H,32,33)/t13-,14?,18+,19+/m1/s1. The van der Waals surface area contributed by atoms with Gasteiger partial charge in [0, 0.05) is 17.1 Å². The van der Waals surface area contributed by atoms with Crippen LogP contribution in [-0.4, -0.2) is 57.9 Å². The number of primary amides is 1. The first-order valence-electron chi connectivity index (χ1n) is 10.9. The van der Waals surface area contributed by atoms with E-state index in [0.717, 1.165) is 16.5 Å². The summed E-state index contributed by atoms with van der Waals surface area (Å²) < 4.78 is 0. The van der Waals surface area contributed by atoms with Crippen molar-refractivity contribution in [3.8, 4) is 0 Å². The zero-order chi connectivity index (χ0) is 24.7. The zero-order valence-electron chi connectivity index (χ0n) is 19.3. The van der Waals surface area contributed by atoms with Crippen LogP contribution in [0, 0.1) is 5.92 Å². The molecule has 33 heavy (non-hydrogen) atoms. The van der Waals surface area contributed by atoms with Crippen molar-refractivity contribution in [1.82, 2.24) is 20.9 Å². The second-order valence-electron chi connectivity index (χ2n) is 8.67. The Balaban J connectivity index is 2.25. The molecule has 1 aromatic heterocycles. The van der Waals surface area contributed by atoms with Crippen LogP contribution in [0.4, 0.5) is 0 Å². The van der Waals surface area contributed by atoms with Crippen molar-refractivity contribution < 1.29 is 24.3 Å². The third-order valence-corrected chi connectivity index (χ3v) is 5.36. The number of hydrogen-bond donors (Lipinski definition) is 6. The van der Waals surface area contributed by atoms with Crippen LogP contribution in [0.5, 0.6) is 0 Å². The van der Waals surface area contributed by atoms with Gasteiger partial charge in [0.15, 0.2) is 0 Å². The summed E-state index contributed by atoms with van der Waals surface area (Å²) in [7, 11) is 0. The fourth-order valence-corrected chi connectivity index (χ4v) is 3.48. The smallest absolute Gasteiger partial charge is 0.320 e. The third-order valence-electron chi connectivity index (χ3n) is 5.36. The number of aromatic amines is 1. The molecule has 1 aromatic carbocycles. The lowest BCUT2D eigenvalue weighted by atomic mass is 10.00. The number of aliphatic carboxylic acids is 1. The molecule has 0 saturated heterocycles. The van der Waals surface area contributed by atoms with Gasteiger partial charge in [-0.3, -0.25) is 24.5 Å². The Morgan fingerprint density at radius 3 is 2.21 bits per heavy atom. The molecule has 10 heteroatoms. The topological polar surface area (TPSA) is 166 Å². The van der Waals surface area contributed by atoms with Crippen LogP contribution in [0.3, 0.4) is 0 Å². The van der Waals surface area contributed by atoms with Gasteiger partial charge in [0.1, 0.15) is 18.1 Å². The van der Waals surface area contributed by atoms with Gasteiger partial charge in [-0.25, -0.2) is 0 Å². The summed E-state index contributed by atoms with van der Waals surface area (Å²) in [6.07, 6.45) is 2.32. The third kappa shape index (κ3) is 7.31. The van der Waals surface area contributed by atoms with Crippen molar-refractivity contribution in [3.05, 3.63) is 36.0 Å². The number of nitrogens with two attached hydrogens (primary N) is 1. The first-order valence-corrected chi connectivity index (χ1v) is 10.9. The zero-order valence-corrected chi connectivity index (χ0v) is 19.3. The van der Waals surface area contributed by atoms with Crippen LogP contribution in [0.25, 0.3) is 10.9 Å². The Labute approximate surface area is 192 Å². The number of carboxylic acids is 1. The van der Waals surface area contributed by atoms with Crippen molar-refractivity contribution in [1.29, 1.82) is 0 Å². The van der Waals surface area contributed by atoms with Gasteiger partial charge >= 0.3 is 5.97 Å². The molecule has 0 fully saturated rings. The molecule has 2 aromatic rings. The number of nitrogens with one attached hydrogen (secondary N) is 4. The lowest BCUT2D eigenvalue weighted by Gasteiger charge is -2.26. The normalized spacial score (nSPS) is 14.9. The number of carbonyl (C=O) groups excluding carboxylic acids is 3. The highest BCUT2D eigenvalue weighted by Crippen LogP contribution is 2.19. The summed E-state index contributed by atoms with van der Waals surface area (Å²) >= 11 is 0. The monoisotopic (exact) mass is 459 g/mol. The summed E-state index contributed by atoms with van der Waals surface area (Å²) in [4.78, 5) is 51.9. The maximum absolute atomic E-state index is 13.2. The van der Waals surface area contributed by atoms with Crippen LogP contribution >= 0.6 is 0 Å². The Morgan fingerprint density at radius 1 is 0.970 bits per heavy atom. The molecule has 180 valence electrons. The molecule has 0 aliphatic heterocycles. The van der Waals surface area contributed by atoms with E-state index in [1.165, 1.54) is 13.8 Å². The van der Waals surface area contributed by atoms with Crippen molar-refractivity contribution in [2.75, 3.05) is 0 Å². The van der Waals surface area contributed by atoms with Crippen molar-refractivity contribution in [2.24, 2.45) is 11.7 Å². The average molecular weight is 460 g/mol.